The zero-order valence-electron chi connectivity index (χ0n) is 13.1. The largest absolute Gasteiger partial charge is 0.497 e. The van der Waals surface area contributed by atoms with Gasteiger partial charge in [-0.1, -0.05) is 24.3 Å². The Morgan fingerprint density at radius 2 is 1.77 bits per heavy atom. The van der Waals surface area contributed by atoms with Crippen LogP contribution in [0.25, 0.3) is 0 Å². The first kappa shape index (κ1) is 16.5. The molecule has 0 fully saturated rings. The molecule has 0 saturated carbocycles. The maximum absolute atomic E-state index is 13.6. The average molecular weight is 303 g/mol. The summed E-state index contributed by atoms with van der Waals surface area (Å²) in [7, 11) is 1.61. The third kappa shape index (κ3) is 4.06. The molecule has 4 heteroatoms. The second-order valence-electron chi connectivity index (χ2n) is 5.43. The Labute approximate surface area is 130 Å². The molecule has 3 nitrogen and oxygen atoms in total. The van der Waals surface area contributed by atoms with Crippen molar-refractivity contribution in [3.05, 3.63) is 65.0 Å². The van der Waals surface area contributed by atoms with Gasteiger partial charge in [-0.05, 0) is 48.7 Å². The summed E-state index contributed by atoms with van der Waals surface area (Å²) in [5.41, 5.74) is 2.31. The number of hydrogen-bond donors (Lipinski definition) is 2. The quantitative estimate of drug-likeness (QED) is 0.858. The molecule has 0 aromatic heterocycles. The molecule has 0 amide bonds. The molecule has 0 radical (unpaired) electrons. The van der Waals surface area contributed by atoms with Crippen LogP contribution in [0.3, 0.4) is 0 Å². The summed E-state index contributed by atoms with van der Waals surface area (Å²) >= 11 is 0. The summed E-state index contributed by atoms with van der Waals surface area (Å²) in [6.45, 7) is 4.08. The zero-order chi connectivity index (χ0) is 16.1. The van der Waals surface area contributed by atoms with E-state index < -0.39 is 6.10 Å². The first-order valence-corrected chi connectivity index (χ1v) is 7.32. The zero-order valence-corrected chi connectivity index (χ0v) is 13.1. The lowest BCUT2D eigenvalue weighted by molar-refractivity contribution is 0.170. The Morgan fingerprint density at radius 1 is 1.14 bits per heavy atom. The molecule has 0 bridgehead atoms. The highest BCUT2D eigenvalue weighted by molar-refractivity contribution is 5.29. The van der Waals surface area contributed by atoms with Crippen molar-refractivity contribution >= 4 is 0 Å². The molecule has 2 rings (SSSR count). The van der Waals surface area contributed by atoms with Crippen molar-refractivity contribution in [1.29, 1.82) is 0 Å². The van der Waals surface area contributed by atoms with Gasteiger partial charge in [-0.25, -0.2) is 4.39 Å². The summed E-state index contributed by atoms with van der Waals surface area (Å²) < 4.78 is 18.7. The van der Waals surface area contributed by atoms with Gasteiger partial charge < -0.3 is 15.2 Å². The summed E-state index contributed by atoms with van der Waals surface area (Å²) in [5.74, 6) is 0.550. The molecule has 0 heterocycles. The third-order valence-corrected chi connectivity index (χ3v) is 3.81. The molecule has 2 unspecified atom stereocenters. The van der Waals surface area contributed by atoms with Crippen molar-refractivity contribution in [1.82, 2.24) is 5.32 Å². The number of aliphatic hydroxyl groups is 1. The fourth-order valence-electron chi connectivity index (χ4n) is 2.23. The van der Waals surface area contributed by atoms with Crippen LogP contribution in [-0.2, 0) is 0 Å². The second-order valence-corrected chi connectivity index (χ2v) is 5.43. The average Bonchev–Trinajstić information content (AvgIpc) is 2.54. The number of aliphatic hydroxyl groups excluding tert-OH is 1. The van der Waals surface area contributed by atoms with E-state index in [4.69, 9.17) is 4.74 Å². The van der Waals surface area contributed by atoms with E-state index in [2.05, 4.69) is 5.32 Å². The smallest absolute Gasteiger partial charge is 0.126 e. The van der Waals surface area contributed by atoms with Crippen molar-refractivity contribution in [2.24, 2.45) is 0 Å². The number of halogens is 1. The lowest BCUT2D eigenvalue weighted by Gasteiger charge is -2.18. The van der Waals surface area contributed by atoms with Crippen LogP contribution in [0.4, 0.5) is 4.39 Å². The fourth-order valence-corrected chi connectivity index (χ4v) is 2.23. The molecule has 0 aliphatic rings. The van der Waals surface area contributed by atoms with Gasteiger partial charge in [0.1, 0.15) is 11.6 Å². The van der Waals surface area contributed by atoms with E-state index in [0.29, 0.717) is 12.1 Å². The second kappa shape index (κ2) is 7.38. The minimum Gasteiger partial charge on any atom is -0.497 e. The van der Waals surface area contributed by atoms with Crippen LogP contribution in [0, 0.1) is 12.7 Å². The van der Waals surface area contributed by atoms with Gasteiger partial charge in [0.2, 0.25) is 0 Å². The van der Waals surface area contributed by atoms with Gasteiger partial charge in [-0.15, -0.1) is 0 Å². The van der Waals surface area contributed by atoms with E-state index in [1.54, 1.807) is 20.1 Å². The van der Waals surface area contributed by atoms with Crippen molar-refractivity contribution in [2.75, 3.05) is 13.7 Å². The van der Waals surface area contributed by atoms with Gasteiger partial charge in [0.15, 0.2) is 0 Å². The normalized spacial score (nSPS) is 13.7. The van der Waals surface area contributed by atoms with Crippen LogP contribution in [0.5, 0.6) is 5.75 Å². The van der Waals surface area contributed by atoms with E-state index in [1.807, 2.05) is 37.3 Å². The molecular weight excluding hydrogens is 281 g/mol. The number of ether oxygens (including phenoxy) is 1. The van der Waals surface area contributed by atoms with Gasteiger partial charge in [0, 0.05) is 12.6 Å². The van der Waals surface area contributed by atoms with Gasteiger partial charge in [-0.3, -0.25) is 0 Å². The van der Waals surface area contributed by atoms with Crippen LogP contribution in [0.15, 0.2) is 42.5 Å². The molecular formula is C18H22FNO2. The number of hydrogen-bond acceptors (Lipinski definition) is 3. The third-order valence-electron chi connectivity index (χ3n) is 3.81. The highest BCUT2D eigenvalue weighted by Crippen LogP contribution is 2.19. The Kier molecular flexibility index (Phi) is 5.52. The van der Waals surface area contributed by atoms with Crippen LogP contribution in [-0.4, -0.2) is 18.8 Å². The minimum absolute atomic E-state index is 0.0389. The summed E-state index contributed by atoms with van der Waals surface area (Å²) in [4.78, 5) is 0. The molecule has 2 atom stereocenters. The maximum Gasteiger partial charge on any atom is 0.126 e. The molecule has 0 aliphatic heterocycles. The lowest BCUT2D eigenvalue weighted by atomic mass is 10.0. The van der Waals surface area contributed by atoms with Gasteiger partial charge in [0.05, 0.1) is 13.2 Å². The van der Waals surface area contributed by atoms with Gasteiger partial charge >= 0.3 is 0 Å². The van der Waals surface area contributed by atoms with E-state index in [1.165, 1.54) is 6.07 Å². The molecule has 2 N–H and O–H groups in total. The highest BCUT2D eigenvalue weighted by atomic mass is 19.1. The SMILES string of the molecule is COc1ccc(C(O)CNC(C)c2ccc(C)c(F)c2)cc1. The number of benzene rings is 2. The Bertz CT molecular complexity index is 613. The first-order chi connectivity index (χ1) is 10.5. The first-order valence-electron chi connectivity index (χ1n) is 7.32. The van der Waals surface area contributed by atoms with Crippen molar-refractivity contribution < 1.29 is 14.2 Å². The van der Waals surface area contributed by atoms with Gasteiger partial charge in [0.25, 0.3) is 0 Å². The Balaban J connectivity index is 1.94. The Morgan fingerprint density at radius 3 is 2.36 bits per heavy atom. The lowest BCUT2D eigenvalue weighted by Crippen LogP contribution is -2.24. The van der Waals surface area contributed by atoms with Crippen molar-refractivity contribution in [2.45, 2.75) is 26.0 Å². The topological polar surface area (TPSA) is 41.5 Å². The maximum atomic E-state index is 13.6. The summed E-state index contributed by atoms with van der Waals surface area (Å²) in [5, 5.41) is 13.4. The highest BCUT2D eigenvalue weighted by Gasteiger charge is 2.12. The summed E-state index contributed by atoms with van der Waals surface area (Å²) in [6.07, 6.45) is -0.622. The molecule has 22 heavy (non-hydrogen) atoms. The van der Waals surface area contributed by atoms with E-state index in [9.17, 15) is 9.50 Å². The standard InChI is InChI=1S/C18H22FNO2/c1-12-4-5-15(10-17(12)19)13(2)20-11-18(21)14-6-8-16(22-3)9-7-14/h4-10,13,18,20-21H,11H2,1-3H3. The predicted octanol–water partition coefficient (Wildman–Crippen LogP) is 3.53. The molecule has 0 aliphatic carbocycles. The number of nitrogens with one attached hydrogen (secondary N) is 1. The summed E-state index contributed by atoms with van der Waals surface area (Å²) in [6, 6.07) is 12.5. The van der Waals surface area contributed by atoms with Crippen LogP contribution in [0.1, 0.15) is 35.8 Å². The fraction of sp³-hybridized carbons (Fsp3) is 0.333. The van der Waals surface area contributed by atoms with Gasteiger partial charge in [-0.2, -0.15) is 0 Å². The number of methoxy groups -OCH3 is 1. The number of rotatable bonds is 6. The minimum atomic E-state index is -0.622. The molecule has 0 spiro atoms. The van der Waals surface area contributed by atoms with Crippen LogP contribution < -0.4 is 10.1 Å². The van der Waals surface area contributed by atoms with E-state index >= 15 is 0 Å². The van der Waals surface area contributed by atoms with Crippen LogP contribution >= 0.6 is 0 Å². The molecule has 118 valence electrons. The molecule has 2 aromatic carbocycles. The van der Waals surface area contributed by atoms with E-state index in [-0.39, 0.29) is 11.9 Å². The van der Waals surface area contributed by atoms with Crippen molar-refractivity contribution in [3.63, 3.8) is 0 Å². The number of aryl methyl sites for hydroxylation is 1. The van der Waals surface area contributed by atoms with Crippen LogP contribution in [0.2, 0.25) is 0 Å². The molecule has 2 aromatic rings. The predicted molar refractivity (Wildman–Crippen MR) is 85.5 cm³/mol. The van der Waals surface area contributed by atoms with Crippen molar-refractivity contribution in [3.8, 4) is 5.75 Å². The van der Waals surface area contributed by atoms with E-state index in [0.717, 1.165) is 16.9 Å². The Hall–Kier alpha value is -1.91. The molecule has 0 saturated heterocycles. The monoisotopic (exact) mass is 303 g/mol.